The maximum absolute atomic E-state index is 12.7. The van der Waals surface area contributed by atoms with E-state index in [1.165, 1.54) is 35.2 Å². The minimum atomic E-state index is -0.465. The number of carbonyl (C=O) groups excluding carboxylic acids is 1. The number of hydrogen-bond acceptors (Lipinski definition) is 9. The maximum atomic E-state index is 12.7. The molecule has 10 nitrogen and oxygen atoms in total. The molecule has 0 aliphatic carbocycles. The summed E-state index contributed by atoms with van der Waals surface area (Å²) in [5.74, 6) is 0.286. The molecule has 5 rings (SSSR count). The number of hydrogen-bond donors (Lipinski definition) is 2. The van der Waals surface area contributed by atoms with E-state index in [9.17, 15) is 14.9 Å². The standard InChI is InChI=1S/C33H28ClN5O5S/c1-3-43-30-17-23(16-28(34)31(30)44-19-22-5-4-6-27(15-22)39(41)42)18-35-38-32(40)25-11-9-24(10-12-25)29-20-45-33(37-29)36-26-13-7-21(2)8-14-26/h4-18,20H,3,19H2,1-2H3,(H,36,37)(H,38,40)/b35-18-. The fourth-order valence-corrected chi connectivity index (χ4v) is 5.24. The number of carbonyl (C=O) groups is 1. The van der Waals surface area contributed by atoms with Crippen molar-refractivity contribution in [1.29, 1.82) is 0 Å². The fraction of sp³-hybridized carbons (Fsp3) is 0.121. The van der Waals surface area contributed by atoms with Crippen molar-refractivity contribution in [1.82, 2.24) is 10.4 Å². The van der Waals surface area contributed by atoms with E-state index in [0.29, 0.717) is 34.8 Å². The molecule has 0 atom stereocenters. The van der Waals surface area contributed by atoms with E-state index in [0.717, 1.165) is 22.1 Å². The third-order valence-corrected chi connectivity index (χ3v) is 7.50. The van der Waals surface area contributed by atoms with Crippen LogP contribution in [0.3, 0.4) is 0 Å². The Morgan fingerprint density at radius 1 is 1.07 bits per heavy atom. The number of non-ortho nitro benzene ring substituents is 1. The molecule has 1 amide bonds. The van der Waals surface area contributed by atoms with Crippen molar-refractivity contribution in [3.05, 3.63) is 128 Å². The van der Waals surface area contributed by atoms with Gasteiger partial charge in [-0.1, -0.05) is 53.6 Å². The van der Waals surface area contributed by atoms with Crippen molar-refractivity contribution < 1.29 is 19.2 Å². The Bertz CT molecular complexity index is 1840. The average molecular weight is 642 g/mol. The molecule has 228 valence electrons. The highest BCUT2D eigenvalue weighted by Crippen LogP contribution is 2.37. The van der Waals surface area contributed by atoms with Crippen LogP contribution in [0.1, 0.15) is 34.0 Å². The van der Waals surface area contributed by atoms with Crippen LogP contribution in [0.2, 0.25) is 5.02 Å². The Morgan fingerprint density at radius 3 is 2.58 bits per heavy atom. The minimum absolute atomic E-state index is 0.0306. The van der Waals surface area contributed by atoms with E-state index >= 15 is 0 Å². The van der Waals surface area contributed by atoms with Crippen molar-refractivity contribution in [2.24, 2.45) is 5.10 Å². The molecular formula is C33H28ClN5O5S. The number of nitro groups is 1. The van der Waals surface area contributed by atoms with Crippen molar-refractivity contribution in [2.45, 2.75) is 20.5 Å². The molecule has 0 bridgehead atoms. The first-order chi connectivity index (χ1) is 21.8. The van der Waals surface area contributed by atoms with Crippen LogP contribution in [0.4, 0.5) is 16.5 Å². The molecule has 0 aliphatic heterocycles. The molecular weight excluding hydrogens is 614 g/mol. The number of aromatic nitrogens is 1. The molecule has 1 heterocycles. The van der Waals surface area contributed by atoms with Crippen LogP contribution in [-0.4, -0.2) is 28.6 Å². The first-order valence-corrected chi connectivity index (χ1v) is 15.1. The number of hydrazone groups is 1. The molecule has 0 aliphatic rings. The summed E-state index contributed by atoms with van der Waals surface area (Å²) in [6.45, 7) is 4.26. The van der Waals surface area contributed by atoms with Gasteiger partial charge in [-0.25, -0.2) is 10.4 Å². The van der Waals surface area contributed by atoms with E-state index < -0.39 is 4.92 Å². The Morgan fingerprint density at radius 2 is 1.84 bits per heavy atom. The number of nitrogens with zero attached hydrogens (tertiary/aromatic N) is 3. The lowest BCUT2D eigenvalue weighted by Crippen LogP contribution is -2.17. The van der Waals surface area contributed by atoms with Crippen LogP contribution in [0.25, 0.3) is 11.3 Å². The minimum Gasteiger partial charge on any atom is -0.490 e. The number of thiazole rings is 1. The molecule has 0 fully saturated rings. The Balaban J connectivity index is 1.20. The molecule has 4 aromatic carbocycles. The van der Waals surface area contributed by atoms with Crippen LogP contribution < -0.4 is 20.2 Å². The molecule has 1 aromatic heterocycles. The second kappa shape index (κ2) is 14.5. The monoisotopic (exact) mass is 641 g/mol. The zero-order chi connectivity index (χ0) is 31.8. The van der Waals surface area contributed by atoms with Gasteiger partial charge in [-0.2, -0.15) is 5.10 Å². The molecule has 5 aromatic rings. The van der Waals surface area contributed by atoms with Crippen molar-refractivity contribution >= 4 is 51.6 Å². The van der Waals surface area contributed by atoms with E-state index in [1.54, 1.807) is 36.4 Å². The number of halogens is 1. The molecule has 0 saturated heterocycles. The normalized spacial score (nSPS) is 10.9. The highest BCUT2D eigenvalue weighted by Gasteiger charge is 2.14. The lowest BCUT2D eigenvalue weighted by Gasteiger charge is -2.14. The number of rotatable bonds is 12. The van der Waals surface area contributed by atoms with Crippen molar-refractivity contribution in [3.8, 4) is 22.8 Å². The van der Waals surface area contributed by atoms with Gasteiger partial charge in [-0.3, -0.25) is 14.9 Å². The Hall–Kier alpha value is -5.26. The van der Waals surface area contributed by atoms with Crippen LogP contribution in [-0.2, 0) is 6.61 Å². The zero-order valence-corrected chi connectivity index (χ0v) is 25.9. The van der Waals surface area contributed by atoms with Crippen molar-refractivity contribution in [2.75, 3.05) is 11.9 Å². The molecule has 12 heteroatoms. The summed E-state index contributed by atoms with van der Waals surface area (Å²) in [6, 6.07) is 24.6. The van der Waals surface area contributed by atoms with Gasteiger partial charge in [0, 0.05) is 34.3 Å². The van der Waals surface area contributed by atoms with E-state index in [4.69, 9.17) is 21.1 Å². The third kappa shape index (κ3) is 8.22. The van der Waals surface area contributed by atoms with Gasteiger partial charge in [0.05, 0.1) is 28.5 Å². The first kappa shape index (κ1) is 31.2. The lowest BCUT2D eigenvalue weighted by molar-refractivity contribution is -0.384. The molecule has 0 saturated carbocycles. The van der Waals surface area contributed by atoms with Gasteiger partial charge in [-0.05, 0) is 61.4 Å². The summed E-state index contributed by atoms with van der Waals surface area (Å²) in [6.07, 6.45) is 1.45. The summed E-state index contributed by atoms with van der Waals surface area (Å²) >= 11 is 8.00. The largest absolute Gasteiger partial charge is 0.490 e. The quantitative estimate of drug-likeness (QED) is 0.0799. The smallest absolute Gasteiger partial charge is 0.271 e. The number of amides is 1. The third-order valence-electron chi connectivity index (χ3n) is 6.47. The molecule has 0 radical (unpaired) electrons. The summed E-state index contributed by atoms with van der Waals surface area (Å²) < 4.78 is 11.6. The molecule has 0 unspecified atom stereocenters. The topological polar surface area (TPSA) is 128 Å². The molecule has 0 spiro atoms. The zero-order valence-electron chi connectivity index (χ0n) is 24.3. The predicted octanol–water partition coefficient (Wildman–Crippen LogP) is 8.17. The van der Waals surface area contributed by atoms with Gasteiger partial charge >= 0.3 is 0 Å². The lowest BCUT2D eigenvalue weighted by atomic mass is 10.1. The van der Waals surface area contributed by atoms with E-state index in [1.807, 2.05) is 55.6 Å². The fourth-order valence-electron chi connectivity index (χ4n) is 4.23. The number of ether oxygens (including phenoxy) is 2. The van der Waals surface area contributed by atoms with Crippen molar-refractivity contribution in [3.63, 3.8) is 0 Å². The molecule has 45 heavy (non-hydrogen) atoms. The Kier molecular flexibility index (Phi) is 10.0. The summed E-state index contributed by atoms with van der Waals surface area (Å²) in [7, 11) is 0. The highest BCUT2D eigenvalue weighted by molar-refractivity contribution is 7.14. The highest BCUT2D eigenvalue weighted by atomic mass is 35.5. The second-order valence-corrected chi connectivity index (χ2v) is 11.0. The van der Waals surface area contributed by atoms with Crippen LogP contribution in [0.5, 0.6) is 11.5 Å². The summed E-state index contributed by atoms with van der Waals surface area (Å²) in [5.41, 5.74) is 7.95. The van der Waals surface area contributed by atoms with Gasteiger partial charge in [0.2, 0.25) is 0 Å². The first-order valence-electron chi connectivity index (χ1n) is 13.8. The van der Waals surface area contributed by atoms with Gasteiger partial charge in [0.25, 0.3) is 11.6 Å². The number of nitro benzene ring substituents is 1. The summed E-state index contributed by atoms with van der Waals surface area (Å²) in [5, 5.41) is 21.4. The molecule has 2 N–H and O–H groups in total. The Labute approximate surface area is 268 Å². The van der Waals surface area contributed by atoms with Crippen LogP contribution >= 0.6 is 22.9 Å². The van der Waals surface area contributed by atoms with Crippen LogP contribution in [0.15, 0.2) is 95.4 Å². The van der Waals surface area contributed by atoms with Gasteiger partial charge in [0.15, 0.2) is 16.6 Å². The number of aryl methyl sites for hydroxylation is 1. The number of anilines is 2. The van der Waals surface area contributed by atoms with Crippen LogP contribution in [0, 0.1) is 17.0 Å². The van der Waals surface area contributed by atoms with Gasteiger partial charge in [-0.15, -0.1) is 11.3 Å². The average Bonchev–Trinajstić information content (AvgIpc) is 3.50. The van der Waals surface area contributed by atoms with Gasteiger partial charge in [0.1, 0.15) is 6.61 Å². The van der Waals surface area contributed by atoms with E-state index in [-0.39, 0.29) is 23.2 Å². The summed E-state index contributed by atoms with van der Waals surface area (Å²) in [4.78, 5) is 28.0. The van der Waals surface area contributed by atoms with E-state index in [2.05, 4.69) is 20.8 Å². The number of nitrogens with one attached hydrogen (secondary N) is 2. The SMILES string of the molecule is CCOc1cc(/C=N\NC(=O)c2ccc(-c3csc(Nc4ccc(C)cc4)n3)cc2)cc(Cl)c1OCc1cccc([N+](=O)[O-])c1. The van der Waals surface area contributed by atoms with Gasteiger partial charge < -0.3 is 14.8 Å². The maximum Gasteiger partial charge on any atom is 0.271 e. The predicted molar refractivity (Wildman–Crippen MR) is 177 cm³/mol. The number of benzene rings is 4. The second-order valence-electron chi connectivity index (χ2n) is 9.78.